The van der Waals surface area contributed by atoms with Crippen LogP contribution >= 0.6 is 15.9 Å². The third-order valence-electron chi connectivity index (χ3n) is 3.23. The van der Waals surface area contributed by atoms with Crippen molar-refractivity contribution in [1.82, 2.24) is 9.55 Å². The summed E-state index contributed by atoms with van der Waals surface area (Å²) in [7, 11) is 0. The van der Waals surface area contributed by atoms with Gasteiger partial charge in [0, 0.05) is 13.0 Å². The van der Waals surface area contributed by atoms with Crippen molar-refractivity contribution in [2.45, 2.75) is 52.5 Å². The predicted molar refractivity (Wildman–Crippen MR) is 72.7 cm³/mol. The third kappa shape index (κ3) is 2.60. The first kappa shape index (κ1) is 13.6. The minimum atomic E-state index is -0.751. The van der Waals surface area contributed by atoms with E-state index in [1.807, 2.05) is 0 Å². The summed E-state index contributed by atoms with van der Waals surface area (Å²) in [5.74, 6) is -0.177. The number of carbonyl (C=O) groups is 1. The maximum absolute atomic E-state index is 11.3. The van der Waals surface area contributed by atoms with Gasteiger partial charge in [0.05, 0.1) is 11.6 Å². The monoisotopic (exact) mass is 314 g/mol. The fourth-order valence-corrected chi connectivity index (χ4v) is 3.20. The quantitative estimate of drug-likeness (QED) is 0.912. The molecule has 0 aromatic carbocycles. The average Bonchev–Trinajstić information content (AvgIpc) is 2.53. The minimum absolute atomic E-state index is 0.151. The summed E-state index contributed by atoms with van der Waals surface area (Å²) in [6.45, 7) is 7.38. The lowest BCUT2D eigenvalue weighted by molar-refractivity contribution is -0.139. The number of nitrogens with zero attached hydrogens (tertiary/aromatic N) is 2. The van der Waals surface area contributed by atoms with Crippen LogP contribution < -0.4 is 0 Å². The van der Waals surface area contributed by atoms with E-state index in [2.05, 4.69) is 46.3 Å². The molecule has 1 aliphatic rings. The lowest BCUT2D eigenvalue weighted by Gasteiger charge is -2.24. The van der Waals surface area contributed by atoms with Crippen molar-refractivity contribution in [2.24, 2.45) is 5.41 Å². The molecule has 0 radical (unpaired) electrons. The maximum atomic E-state index is 11.3. The maximum Gasteiger partial charge on any atom is 0.312 e. The van der Waals surface area contributed by atoms with E-state index in [9.17, 15) is 9.90 Å². The van der Waals surface area contributed by atoms with Gasteiger partial charge in [-0.05, 0) is 34.2 Å². The van der Waals surface area contributed by atoms with Crippen LogP contribution in [0, 0.1) is 5.41 Å². The van der Waals surface area contributed by atoms with Crippen LogP contribution in [-0.2, 0) is 17.8 Å². The molecule has 5 heteroatoms. The van der Waals surface area contributed by atoms with E-state index >= 15 is 0 Å². The molecule has 1 aliphatic heterocycles. The fraction of sp³-hybridized carbons (Fsp3) is 0.692. The first-order valence-electron chi connectivity index (χ1n) is 6.27. The number of aromatic nitrogens is 2. The molecule has 1 aromatic rings. The summed E-state index contributed by atoms with van der Waals surface area (Å²) in [6, 6.07) is 0. The lowest BCUT2D eigenvalue weighted by Crippen LogP contribution is -2.24. The van der Waals surface area contributed by atoms with Crippen molar-refractivity contribution in [1.29, 1.82) is 0 Å². The highest BCUT2D eigenvalue weighted by Crippen LogP contribution is 2.35. The molecule has 2 heterocycles. The summed E-state index contributed by atoms with van der Waals surface area (Å²) in [5, 5.41) is 9.29. The van der Waals surface area contributed by atoms with Gasteiger partial charge >= 0.3 is 5.97 Å². The molecule has 0 aliphatic carbocycles. The standard InChI is InChI=1S/C13H19BrN2O2/c1-13(2,3)7-9-15-11(14)10-8(12(17)18)5-4-6-16(9)10/h8H,4-7H2,1-3H3,(H,17,18). The molecular formula is C13H19BrN2O2. The molecular weight excluding hydrogens is 296 g/mol. The highest BCUT2D eigenvalue weighted by molar-refractivity contribution is 9.10. The minimum Gasteiger partial charge on any atom is -0.481 e. The normalized spacial score (nSPS) is 19.7. The van der Waals surface area contributed by atoms with E-state index in [1.165, 1.54) is 0 Å². The average molecular weight is 315 g/mol. The van der Waals surface area contributed by atoms with Gasteiger partial charge in [-0.3, -0.25) is 4.79 Å². The number of fused-ring (bicyclic) bond motifs is 1. The topological polar surface area (TPSA) is 55.1 Å². The number of rotatable bonds is 2. The van der Waals surface area contributed by atoms with E-state index in [4.69, 9.17) is 0 Å². The SMILES string of the molecule is CC(C)(C)Cc1nc(Br)c2n1CCCC2C(=O)O. The zero-order valence-electron chi connectivity index (χ0n) is 11.0. The predicted octanol–water partition coefficient (Wildman–Crippen LogP) is 3.20. The molecule has 0 fully saturated rings. The Kier molecular flexibility index (Phi) is 3.54. The van der Waals surface area contributed by atoms with Crippen LogP contribution in [0.3, 0.4) is 0 Å². The number of aliphatic carboxylic acids is 1. The van der Waals surface area contributed by atoms with Gasteiger partial charge in [-0.2, -0.15) is 0 Å². The van der Waals surface area contributed by atoms with Gasteiger partial charge in [0.1, 0.15) is 10.4 Å². The van der Waals surface area contributed by atoms with Gasteiger partial charge in [0.25, 0.3) is 0 Å². The van der Waals surface area contributed by atoms with Gasteiger partial charge in [-0.25, -0.2) is 4.98 Å². The van der Waals surface area contributed by atoms with Crippen molar-refractivity contribution >= 4 is 21.9 Å². The van der Waals surface area contributed by atoms with E-state index in [0.717, 1.165) is 30.9 Å². The Morgan fingerprint density at radius 1 is 1.56 bits per heavy atom. The molecule has 1 N–H and O–H groups in total. The van der Waals surface area contributed by atoms with Gasteiger partial charge in [0.15, 0.2) is 0 Å². The van der Waals surface area contributed by atoms with Crippen LogP contribution in [0.15, 0.2) is 4.60 Å². The van der Waals surface area contributed by atoms with Crippen LogP contribution in [0.1, 0.15) is 51.0 Å². The molecule has 2 rings (SSSR count). The molecule has 0 spiro atoms. The van der Waals surface area contributed by atoms with Crippen molar-refractivity contribution in [2.75, 3.05) is 0 Å². The molecule has 100 valence electrons. The molecule has 0 saturated carbocycles. The number of carboxylic acids is 1. The third-order valence-corrected chi connectivity index (χ3v) is 3.82. The molecule has 1 aromatic heterocycles. The Hall–Kier alpha value is -0.840. The highest BCUT2D eigenvalue weighted by Gasteiger charge is 2.32. The van der Waals surface area contributed by atoms with Crippen molar-refractivity contribution in [3.8, 4) is 0 Å². The summed E-state index contributed by atoms with van der Waals surface area (Å²) in [6.07, 6.45) is 2.47. The Balaban J connectivity index is 2.42. The Morgan fingerprint density at radius 2 is 2.22 bits per heavy atom. The van der Waals surface area contributed by atoms with Gasteiger partial charge in [-0.15, -0.1) is 0 Å². The second kappa shape index (κ2) is 4.68. The van der Waals surface area contributed by atoms with E-state index < -0.39 is 11.9 Å². The molecule has 0 bridgehead atoms. The Labute approximate surface area is 116 Å². The van der Waals surface area contributed by atoms with Gasteiger partial charge in [-0.1, -0.05) is 20.8 Å². The van der Waals surface area contributed by atoms with Crippen LogP contribution in [0.4, 0.5) is 0 Å². The van der Waals surface area contributed by atoms with E-state index in [0.29, 0.717) is 11.0 Å². The zero-order valence-corrected chi connectivity index (χ0v) is 12.6. The number of carboxylic acid groups (broad SMARTS) is 1. The Bertz CT molecular complexity index is 474. The van der Waals surface area contributed by atoms with Crippen LogP contribution in [-0.4, -0.2) is 20.6 Å². The molecule has 1 atom stereocenters. The van der Waals surface area contributed by atoms with E-state index in [1.54, 1.807) is 0 Å². The summed E-state index contributed by atoms with van der Waals surface area (Å²) >= 11 is 3.42. The molecule has 0 amide bonds. The molecule has 1 unspecified atom stereocenters. The summed E-state index contributed by atoms with van der Waals surface area (Å²) in [5.41, 5.74) is 0.991. The van der Waals surface area contributed by atoms with Crippen molar-refractivity contribution in [3.05, 3.63) is 16.1 Å². The molecule has 18 heavy (non-hydrogen) atoms. The number of imidazole rings is 1. The second-order valence-corrected chi connectivity index (χ2v) is 6.88. The highest BCUT2D eigenvalue weighted by atomic mass is 79.9. The van der Waals surface area contributed by atoms with Crippen LogP contribution in [0.2, 0.25) is 0 Å². The fourth-order valence-electron chi connectivity index (χ4n) is 2.50. The number of halogens is 1. The number of hydrogen-bond acceptors (Lipinski definition) is 2. The van der Waals surface area contributed by atoms with Crippen molar-refractivity contribution < 1.29 is 9.90 Å². The first-order valence-corrected chi connectivity index (χ1v) is 7.06. The van der Waals surface area contributed by atoms with Crippen molar-refractivity contribution in [3.63, 3.8) is 0 Å². The summed E-state index contributed by atoms with van der Waals surface area (Å²) in [4.78, 5) is 15.8. The second-order valence-electron chi connectivity index (χ2n) is 6.13. The van der Waals surface area contributed by atoms with Gasteiger partial charge in [0.2, 0.25) is 0 Å². The Morgan fingerprint density at radius 3 is 2.78 bits per heavy atom. The largest absolute Gasteiger partial charge is 0.481 e. The van der Waals surface area contributed by atoms with Crippen LogP contribution in [0.25, 0.3) is 0 Å². The molecule has 4 nitrogen and oxygen atoms in total. The zero-order chi connectivity index (χ0) is 13.5. The smallest absolute Gasteiger partial charge is 0.312 e. The molecule has 0 saturated heterocycles. The number of hydrogen-bond donors (Lipinski definition) is 1. The van der Waals surface area contributed by atoms with Crippen LogP contribution in [0.5, 0.6) is 0 Å². The summed E-state index contributed by atoms with van der Waals surface area (Å²) < 4.78 is 2.80. The first-order chi connectivity index (χ1) is 8.29. The lowest BCUT2D eigenvalue weighted by atomic mass is 9.91. The van der Waals surface area contributed by atoms with Gasteiger partial charge < -0.3 is 9.67 Å². The van der Waals surface area contributed by atoms with E-state index in [-0.39, 0.29) is 5.41 Å².